The van der Waals surface area contributed by atoms with Crippen molar-refractivity contribution >= 4 is 14.3 Å². The van der Waals surface area contributed by atoms with Gasteiger partial charge in [-0.3, -0.25) is 4.79 Å². The monoisotopic (exact) mass is 312 g/mol. The van der Waals surface area contributed by atoms with E-state index in [0.717, 1.165) is 25.9 Å². The van der Waals surface area contributed by atoms with E-state index in [9.17, 15) is 4.79 Å². The molecule has 122 valence electrons. The van der Waals surface area contributed by atoms with Crippen LogP contribution in [0, 0.1) is 11.8 Å². The molecular weight excluding hydrogens is 280 g/mol. The molecule has 0 aromatic rings. The molecular formula is C17H32O3Si. The highest BCUT2D eigenvalue weighted by Gasteiger charge is 2.36. The van der Waals surface area contributed by atoms with Crippen molar-refractivity contribution in [3.8, 4) is 11.8 Å². The van der Waals surface area contributed by atoms with Gasteiger partial charge in [-0.1, -0.05) is 32.6 Å². The Morgan fingerprint density at radius 2 is 1.67 bits per heavy atom. The predicted octanol–water partition coefficient (Wildman–Crippen LogP) is 4.52. The molecule has 4 heteroatoms. The third-order valence-corrected chi connectivity index (χ3v) is 8.29. The number of carbonyl (C=O) groups excluding carboxylic acids is 1. The Hall–Kier alpha value is -0.793. The predicted molar refractivity (Wildman–Crippen MR) is 90.6 cm³/mol. The second-order valence-corrected chi connectivity index (χ2v) is 12.3. The third-order valence-electron chi connectivity index (χ3n) is 3.75. The minimum atomic E-state index is -1.62. The number of hydrogen-bond acceptors (Lipinski definition) is 3. The molecule has 3 nitrogen and oxygen atoms in total. The fraction of sp³-hybridized carbons (Fsp3) is 0.824. The molecule has 0 aliphatic heterocycles. The van der Waals surface area contributed by atoms with Gasteiger partial charge in [0, 0.05) is 20.0 Å². The summed E-state index contributed by atoms with van der Waals surface area (Å²) in [5.74, 6) is 5.79. The molecule has 0 aliphatic rings. The van der Waals surface area contributed by atoms with Crippen LogP contribution >= 0.6 is 0 Å². The molecule has 0 radical (unpaired) electrons. The van der Waals surface area contributed by atoms with Crippen LogP contribution in [0.3, 0.4) is 0 Å². The average Bonchev–Trinajstić information content (AvgIpc) is 2.23. The van der Waals surface area contributed by atoms with Crippen molar-refractivity contribution in [1.82, 2.24) is 0 Å². The Labute approximate surface area is 131 Å². The van der Waals surface area contributed by atoms with E-state index in [1.54, 1.807) is 0 Å². The number of carbonyl (C=O) groups is 1. The van der Waals surface area contributed by atoms with Crippen molar-refractivity contribution in [3.63, 3.8) is 0 Å². The molecule has 0 aromatic carbocycles. The Morgan fingerprint density at radius 1 is 1.10 bits per heavy atom. The van der Waals surface area contributed by atoms with E-state index >= 15 is 0 Å². The summed E-state index contributed by atoms with van der Waals surface area (Å²) in [5, 5.41) is 0.265. The summed E-state index contributed by atoms with van der Waals surface area (Å²) in [5.41, 5.74) is -0.691. The quantitative estimate of drug-likeness (QED) is 0.313. The van der Waals surface area contributed by atoms with Crippen molar-refractivity contribution in [3.05, 3.63) is 0 Å². The molecule has 0 N–H and O–H groups in total. The van der Waals surface area contributed by atoms with Crippen LogP contribution in [-0.4, -0.2) is 26.5 Å². The smallest absolute Gasteiger partial charge is 0.304 e. The van der Waals surface area contributed by atoms with Crippen LogP contribution in [-0.2, 0) is 14.0 Å². The first-order chi connectivity index (χ1) is 9.37. The topological polar surface area (TPSA) is 35.5 Å². The lowest BCUT2D eigenvalue weighted by atomic mass is 10.1. The van der Waals surface area contributed by atoms with Gasteiger partial charge in [0.25, 0.3) is 0 Å². The second kappa shape index (κ2) is 8.00. The molecule has 0 fully saturated rings. The SMILES string of the molecule is CC(=O)OC(C)(C)C#CCCCCO[Si](C)(C)C(C)(C)C. The third kappa shape index (κ3) is 8.95. The summed E-state index contributed by atoms with van der Waals surface area (Å²) in [7, 11) is -1.62. The maximum absolute atomic E-state index is 10.9. The largest absolute Gasteiger partial charge is 0.447 e. The maximum Gasteiger partial charge on any atom is 0.304 e. The summed E-state index contributed by atoms with van der Waals surface area (Å²) < 4.78 is 11.2. The van der Waals surface area contributed by atoms with Crippen LogP contribution in [0.15, 0.2) is 0 Å². The van der Waals surface area contributed by atoms with Crippen molar-refractivity contribution in [2.24, 2.45) is 0 Å². The van der Waals surface area contributed by atoms with E-state index in [4.69, 9.17) is 9.16 Å². The van der Waals surface area contributed by atoms with Crippen LogP contribution in [0.5, 0.6) is 0 Å². The van der Waals surface area contributed by atoms with Gasteiger partial charge in [0.05, 0.1) is 0 Å². The number of rotatable bonds is 6. The van der Waals surface area contributed by atoms with Crippen molar-refractivity contribution < 1.29 is 14.0 Å². The lowest BCUT2D eigenvalue weighted by Crippen LogP contribution is -2.40. The summed E-state index contributed by atoms with van der Waals surface area (Å²) in [6, 6.07) is 0. The van der Waals surface area contributed by atoms with Gasteiger partial charge in [-0.15, -0.1) is 0 Å². The molecule has 0 saturated heterocycles. The van der Waals surface area contributed by atoms with Crippen LogP contribution < -0.4 is 0 Å². The van der Waals surface area contributed by atoms with Crippen LogP contribution in [0.2, 0.25) is 18.1 Å². The first kappa shape index (κ1) is 20.2. The van der Waals surface area contributed by atoms with Gasteiger partial charge in [0.2, 0.25) is 0 Å². The molecule has 21 heavy (non-hydrogen) atoms. The van der Waals surface area contributed by atoms with Crippen LogP contribution in [0.25, 0.3) is 0 Å². The molecule has 0 heterocycles. The van der Waals surface area contributed by atoms with E-state index in [2.05, 4.69) is 45.7 Å². The molecule has 0 saturated carbocycles. The fourth-order valence-electron chi connectivity index (χ4n) is 1.52. The molecule has 0 spiro atoms. The Bertz CT molecular complexity index is 394. The number of unbranched alkanes of at least 4 members (excludes halogenated alkanes) is 2. The maximum atomic E-state index is 10.9. The standard InChI is InChI=1S/C17H32O3Si/c1-15(18)20-17(5,6)13-11-9-10-12-14-19-21(7,8)16(2,3)4/h9-10,12,14H2,1-8H3. The van der Waals surface area contributed by atoms with E-state index in [1.165, 1.54) is 6.92 Å². The molecule has 0 amide bonds. The summed E-state index contributed by atoms with van der Waals surface area (Å²) in [6.45, 7) is 17.1. The summed E-state index contributed by atoms with van der Waals surface area (Å²) >= 11 is 0. The van der Waals surface area contributed by atoms with Crippen LogP contribution in [0.1, 0.15) is 60.8 Å². The molecule has 0 aromatic heterocycles. The highest BCUT2D eigenvalue weighted by atomic mass is 28.4. The second-order valence-electron chi connectivity index (χ2n) is 7.47. The molecule has 0 aliphatic carbocycles. The van der Waals surface area contributed by atoms with Crippen molar-refractivity contribution in [1.29, 1.82) is 0 Å². The zero-order valence-corrected chi connectivity index (χ0v) is 16.1. The zero-order valence-electron chi connectivity index (χ0n) is 15.1. The van der Waals surface area contributed by atoms with E-state index in [1.807, 2.05) is 13.8 Å². The van der Waals surface area contributed by atoms with Gasteiger partial charge in [-0.05, 0) is 44.8 Å². The lowest BCUT2D eigenvalue weighted by molar-refractivity contribution is -0.148. The van der Waals surface area contributed by atoms with Gasteiger partial charge in [-0.25, -0.2) is 0 Å². The number of esters is 1. The van der Waals surface area contributed by atoms with Crippen molar-refractivity contribution in [2.75, 3.05) is 6.61 Å². The minimum absolute atomic E-state index is 0.265. The zero-order chi connectivity index (χ0) is 16.7. The van der Waals surface area contributed by atoms with E-state index in [0.29, 0.717) is 0 Å². The molecule has 0 rings (SSSR count). The van der Waals surface area contributed by atoms with Crippen molar-refractivity contribution in [2.45, 2.75) is 84.5 Å². The van der Waals surface area contributed by atoms with E-state index in [-0.39, 0.29) is 11.0 Å². The average molecular weight is 313 g/mol. The normalized spacial score (nSPS) is 12.6. The Kier molecular flexibility index (Phi) is 7.70. The Balaban J connectivity index is 3.97. The summed E-state index contributed by atoms with van der Waals surface area (Å²) in [6.07, 6.45) is 2.85. The Morgan fingerprint density at radius 3 is 2.14 bits per heavy atom. The highest BCUT2D eigenvalue weighted by Crippen LogP contribution is 2.36. The lowest BCUT2D eigenvalue weighted by Gasteiger charge is -2.36. The minimum Gasteiger partial charge on any atom is -0.447 e. The number of ether oxygens (including phenoxy) is 1. The van der Waals surface area contributed by atoms with Gasteiger partial charge in [-0.2, -0.15) is 0 Å². The molecule has 0 unspecified atom stereocenters. The molecule has 0 atom stereocenters. The van der Waals surface area contributed by atoms with Gasteiger partial charge in [0.1, 0.15) is 0 Å². The molecule has 0 bridgehead atoms. The number of hydrogen-bond donors (Lipinski definition) is 0. The van der Waals surface area contributed by atoms with Gasteiger partial charge < -0.3 is 9.16 Å². The van der Waals surface area contributed by atoms with Gasteiger partial charge in [0.15, 0.2) is 13.9 Å². The first-order valence-corrected chi connectivity index (χ1v) is 10.6. The van der Waals surface area contributed by atoms with Crippen LogP contribution in [0.4, 0.5) is 0 Å². The van der Waals surface area contributed by atoms with E-state index < -0.39 is 13.9 Å². The highest BCUT2D eigenvalue weighted by molar-refractivity contribution is 6.74. The summed E-state index contributed by atoms with van der Waals surface area (Å²) in [4.78, 5) is 10.9. The van der Waals surface area contributed by atoms with Gasteiger partial charge >= 0.3 is 5.97 Å². The fourth-order valence-corrected chi connectivity index (χ4v) is 2.61. The first-order valence-electron chi connectivity index (χ1n) is 7.71.